The van der Waals surface area contributed by atoms with E-state index < -0.39 is 22.0 Å². The number of aromatic nitrogens is 2. The van der Waals surface area contributed by atoms with Crippen molar-refractivity contribution in [3.05, 3.63) is 88.5 Å². The van der Waals surface area contributed by atoms with Crippen LogP contribution in [0.4, 0.5) is 10.5 Å². The summed E-state index contributed by atoms with van der Waals surface area (Å²) < 4.78 is 30.2. The number of fused-ring (bicyclic) bond motifs is 12. The first-order chi connectivity index (χ1) is 20.2. The molecule has 0 spiro atoms. The number of hydrogen-bond acceptors (Lipinski definition) is 6. The van der Waals surface area contributed by atoms with E-state index in [1.165, 1.54) is 6.07 Å². The maximum atomic E-state index is 13.7. The van der Waals surface area contributed by atoms with Crippen LogP contribution in [0.25, 0.3) is 22.0 Å². The molecular weight excluding hydrogens is 554 g/mol. The maximum Gasteiger partial charge on any atom is 0.319 e. The Kier molecular flexibility index (Phi) is 8.67. The number of carbonyl (C=O) groups is 2. The van der Waals surface area contributed by atoms with Crippen molar-refractivity contribution in [2.24, 2.45) is 0 Å². The molecule has 3 amide bonds. The molecule has 2 aliphatic rings. The minimum atomic E-state index is -4.11. The zero-order valence-electron chi connectivity index (χ0n) is 23.4. The second kappa shape index (κ2) is 12.6. The van der Waals surface area contributed by atoms with Crippen molar-refractivity contribution in [1.82, 2.24) is 19.6 Å². The summed E-state index contributed by atoms with van der Waals surface area (Å²) in [5.41, 5.74) is 2.80. The molecular formula is C31H33N5O5S. The zero-order valence-corrected chi connectivity index (χ0v) is 24.2. The van der Waals surface area contributed by atoms with E-state index in [1.807, 2.05) is 19.1 Å². The van der Waals surface area contributed by atoms with Crippen LogP contribution in [-0.4, -0.2) is 36.5 Å². The fourth-order valence-corrected chi connectivity index (χ4v) is 6.30. The van der Waals surface area contributed by atoms with Gasteiger partial charge in [0.05, 0.1) is 22.3 Å². The van der Waals surface area contributed by atoms with Gasteiger partial charge in [-0.2, -0.15) is 0 Å². The number of nitrogens with zero attached hydrogens (tertiary/aromatic N) is 2. The average Bonchev–Trinajstić information content (AvgIpc) is 2.97. The first kappa shape index (κ1) is 29.0. The summed E-state index contributed by atoms with van der Waals surface area (Å²) in [5, 5.41) is 5.94. The van der Waals surface area contributed by atoms with Crippen LogP contribution >= 0.6 is 0 Å². The van der Waals surface area contributed by atoms with Crippen molar-refractivity contribution in [3.8, 4) is 11.1 Å². The van der Waals surface area contributed by atoms with Gasteiger partial charge < -0.3 is 10.6 Å². The van der Waals surface area contributed by atoms with Crippen LogP contribution in [0.5, 0.6) is 0 Å². The third-order valence-corrected chi connectivity index (χ3v) is 8.59. The lowest BCUT2D eigenvalue weighted by Crippen LogP contribution is -2.31. The SMILES string of the molecule is CCCc1nc2ccc3cc2c(=O)n1Cc1ccc(cc1)-c1ccccc1S(=O)(=O)NC(=O)CCCCCNC(=O)N3. The predicted molar refractivity (Wildman–Crippen MR) is 162 cm³/mol. The standard InChI is InChI=1S/C31H33N5O5S/c1-2-8-28-34-26-17-16-23-19-25(26)30(38)36(28)20-21-12-14-22(15-13-21)24-9-5-6-10-27(24)42(40,41)35-29(37)11-4-3-7-18-32-31(39)33-23/h5-6,9-10,12-17,19H,2-4,7-8,11,18,20H2,1H3,(H,35,37)(H2,32,33,39). The summed E-state index contributed by atoms with van der Waals surface area (Å²) in [5.74, 6) is 0.0820. The van der Waals surface area contributed by atoms with E-state index in [4.69, 9.17) is 4.98 Å². The van der Waals surface area contributed by atoms with Crippen molar-refractivity contribution in [1.29, 1.82) is 0 Å². The molecule has 2 aliphatic heterocycles. The van der Waals surface area contributed by atoms with Crippen molar-refractivity contribution < 1.29 is 18.0 Å². The van der Waals surface area contributed by atoms with Gasteiger partial charge in [0.1, 0.15) is 5.82 Å². The number of nitrogens with one attached hydrogen (secondary N) is 3. The summed E-state index contributed by atoms with van der Waals surface area (Å²) in [4.78, 5) is 43.5. The first-order valence-electron chi connectivity index (χ1n) is 14.1. The molecule has 10 nitrogen and oxygen atoms in total. The molecule has 3 aromatic carbocycles. The van der Waals surface area contributed by atoms with E-state index in [0.29, 0.717) is 65.8 Å². The number of rotatable bonds is 2. The highest BCUT2D eigenvalue weighted by Crippen LogP contribution is 2.28. The molecule has 218 valence electrons. The van der Waals surface area contributed by atoms with E-state index in [1.54, 1.807) is 53.1 Å². The molecule has 0 aliphatic carbocycles. The van der Waals surface area contributed by atoms with Crippen LogP contribution in [0.1, 0.15) is 50.4 Å². The smallest absolute Gasteiger partial charge is 0.319 e. The van der Waals surface area contributed by atoms with Gasteiger partial charge in [-0.25, -0.2) is 22.9 Å². The Bertz CT molecular complexity index is 1800. The molecule has 42 heavy (non-hydrogen) atoms. The largest absolute Gasteiger partial charge is 0.338 e. The van der Waals surface area contributed by atoms with Crippen molar-refractivity contribution in [3.63, 3.8) is 0 Å². The second-order valence-corrected chi connectivity index (χ2v) is 12.0. The number of hydrogen-bond donors (Lipinski definition) is 3. The van der Waals surface area contributed by atoms with Gasteiger partial charge >= 0.3 is 6.03 Å². The molecule has 0 saturated carbocycles. The third kappa shape index (κ3) is 6.52. The lowest BCUT2D eigenvalue weighted by Gasteiger charge is -2.15. The molecule has 5 bridgehead atoms. The van der Waals surface area contributed by atoms with Crippen molar-refractivity contribution in [2.45, 2.75) is 56.9 Å². The number of urea groups is 1. The molecule has 0 unspecified atom stereocenters. The van der Waals surface area contributed by atoms with Crippen LogP contribution in [0, 0.1) is 0 Å². The Morgan fingerprint density at radius 3 is 2.50 bits per heavy atom. The monoisotopic (exact) mass is 587 g/mol. The molecule has 11 heteroatoms. The van der Waals surface area contributed by atoms with Gasteiger partial charge in [-0.05, 0) is 54.7 Å². The van der Waals surface area contributed by atoms with Crippen molar-refractivity contribution in [2.75, 3.05) is 11.9 Å². The second-order valence-electron chi connectivity index (χ2n) is 10.3. The third-order valence-electron chi connectivity index (χ3n) is 7.16. The lowest BCUT2D eigenvalue weighted by atomic mass is 10.0. The normalized spacial score (nSPS) is 16.0. The molecule has 6 rings (SSSR count). The summed E-state index contributed by atoms with van der Waals surface area (Å²) >= 11 is 0. The summed E-state index contributed by atoms with van der Waals surface area (Å²) in [6, 6.07) is 18.5. The Labute approximate surface area is 244 Å². The van der Waals surface area contributed by atoms with E-state index in [-0.39, 0.29) is 23.4 Å². The quantitative estimate of drug-likeness (QED) is 0.314. The number of anilines is 1. The highest BCUT2D eigenvalue weighted by atomic mass is 32.2. The number of benzene rings is 3. The summed E-state index contributed by atoms with van der Waals surface area (Å²) in [6.45, 7) is 2.67. The average molecular weight is 588 g/mol. The summed E-state index contributed by atoms with van der Waals surface area (Å²) in [6.07, 6.45) is 3.17. The van der Waals surface area contributed by atoms with Crippen LogP contribution in [0.15, 0.2) is 76.4 Å². The first-order valence-corrected chi connectivity index (χ1v) is 15.6. The van der Waals surface area contributed by atoms with Crippen LogP contribution in [0.3, 0.4) is 0 Å². The predicted octanol–water partition coefficient (Wildman–Crippen LogP) is 4.56. The lowest BCUT2D eigenvalue weighted by molar-refractivity contribution is -0.119. The maximum absolute atomic E-state index is 13.7. The molecule has 3 heterocycles. The van der Waals surface area contributed by atoms with E-state index in [2.05, 4.69) is 15.4 Å². The van der Waals surface area contributed by atoms with Gasteiger partial charge in [-0.15, -0.1) is 0 Å². The van der Waals surface area contributed by atoms with Crippen molar-refractivity contribution >= 4 is 38.6 Å². The molecule has 1 aromatic heterocycles. The molecule has 4 aromatic rings. The molecule has 0 fully saturated rings. The molecule has 0 atom stereocenters. The van der Waals surface area contributed by atoms with Gasteiger partial charge in [0.2, 0.25) is 5.91 Å². The topological polar surface area (TPSA) is 139 Å². The Morgan fingerprint density at radius 2 is 1.71 bits per heavy atom. The fraction of sp³-hybridized carbons (Fsp3) is 0.290. The molecule has 0 radical (unpaired) electrons. The fourth-order valence-electron chi connectivity index (χ4n) is 5.05. The summed E-state index contributed by atoms with van der Waals surface area (Å²) in [7, 11) is -4.11. The Morgan fingerprint density at radius 1 is 0.929 bits per heavy atom. The van der Waals surface area contributed by atoms with Gasteiger partial charge in [0.15, 0.2) is 0 Å². The zero-order chi connectivity index (χ0) is 29.7. The highest BCUT2D eigenvalue weighted by molar-refractivity contribution is 7.90. The van der Waals surface area contributed by atoms with Gasteiger partial charge in [-0.1, -0.05) is 55.8 Å². The minimum Gasteiger partial charge on any atom is -0.338 e. The highest BCUT2D eigenvalue weighted by Gasteiger charge is 2.22. The number of amides is 3. The number of carbonyl (C=O) groups excluding carboxylic acids is 2. The van der Waals surface area contributed by atoms with Gasteiger partial charge in [0.25, 0.3) is 15.6 Å². The van der Waals surface area contributed by atoms with Crippen LogP contribution < -0.4 is 20.9 Å². The van der Waals surface area contributed by atoms with Crippen LogP contribution in [-0.2, 0) is 27.8 Å². The number of sulfonamides is 1. The van der Waals surface area contributed by atoms with Gasteiger partial charge in [-0.3, -0.25) is 14.2 Å². The van der Waals surface area contributed by atoms with E-state index in [9.17, 15) is 22.8 Å². The molecule has 3 N–H and O–H groups in total. The number of aryl methyl sites for hydroxylation is 1. The minimum absolute atomic E-state index is 0.00990. The van der Waals surface area contributed by atoms with Crippen LogP contribution in [0.2, 0.25) is 0 Å². The van der Waals surface area contributed by atoms with Gasteiger partial charge in [0, 0.05) is 30.6 Å². The van der Waals surface area contributed by atoms with E-state index >= 15 is 0 Å². The Hall–Kier alpha value is -4.51. The molecule has 0 saturated heterocycles. The Balaban J connectivity index is 1.56. The van der Waals surface area contributed by atoms with E-state index in [0.717, 1.165) is 12.0 Å².